The lowest BCUT2D eigenvalue weighted by atomic mass is 10.2. The van der Waals surface area contributed by atoms with E-state index in [1.165, 1.54) is 0 Å². The van der Waals surface area contributed by atoms with Gasteiger partial charge in [0.15, 0.2) is 5.82 Å². The molecule has 27 heavy (non-hydrogen) atoms. The number of aromatic amines is 1. The molecule has 8 heteroatoms. The third-order valence-electron chi connectivity index (χ3n) is 3.82. The summed E-state index contributed by atoms with van der Waals surface area (Å²) in [6.07, 6.45) is 0.123. The van der Waals surface area contributed by atoms with Gasteiger partial charge in [0.05, 0.1) is 29.8 Å². The number of hydrogen-bond acceptors (Lipinski definition) is 5. The molecule has 0 amide bonds. The first-order chi connectivity index (χ1) is 13.0. The molecule has 6 nitrogen and oxygen atoms in total. The molecule has 3 rings (SSSR count). The van der Waals surface area contributed by atoms with Gasteiger partial charge in [0.1, 0.15) is 11.5 Å². The van der Waals surface area contributed by atoms with Gasteiger partial charge in [0.2, 0.25) is 4.77 Å². The number of nitrogens with zero attached hydrogens (tertiary/aromatic N) is 2. The van der Waals surface area contributed by atoms with E-state index in [1.54, 1.807) is 11.8 Å². The van der Waals surface area contributed by atoms with Crippen molar-refractivity contribution in [2.45, 2.75) is 26.5 Å². The molecule has 2 aromatic carbocycles. The van der Waals surface area contributed by atoms with Crippen molar-refractivity contribution in [3.05, 3.63) is 57.3 Å². The van der Waals surface area contributed by atoms with Crippen molar-refractivity contribution in [1.29, 1.82) is 0 Å². The topological polar surface area (TPSA) is 64.1 Å². The normalized spacial score (nSPS) is 10.9. The van der Waals surface area contributed by atoms with Gasteiger partial charge >= 0.3 is 0 Å². The van der Waals surface area contributed by atoms with E-state index in [9.17, 15) is 0 Å². The summed E-state index contributed by atoms with van der Waals surface area (Å²) < 4.78 is 14.3. The average molecular weight is 449 g/mol. The molecular weight excluding hydrogens is 428 g/mol. The zero-order chi connectivity index (χ0) is 19.4. The number of methoxy groups -OCH3 is 1. The second-order valence-corrected chi connectivity index (χ2v) is 7.40. The summed E-state index contributed by atoms with van der Waals surface area (Å²) in [7, 11) is 1.64. The molecule has 0 aliphatic rings. The first-order valence-electron chi connectivity index (χ1n) is 8.49. The number of halogens is 1. The summed E-state index contributed by atoms with van der Waals surface area (Å²) >= 11 is 8.94. The van der Waals surface area contributed by atoms with E-state index in [4.69, 9.17) is 21.7 Å². The molecule has 1 aromatic heterocycles. The number of nitrogens with one attached hydrogen (secondary N) is 2. The SMILES string of the molecule is COc1ccccc1-c1n[nH]c(=S)n1NCc1ccc(OC(C)C)c(Br)c1. The second kappa shape index (κ2) is 8.58. The van der Waals surface area contributed by atoms with Gasteiger partial charge < -0.3 is 14.9 Å². The van der Waals surface area contributed by atoms with Gasteiger partial charge in [-0.1, -0.05) is 18.2 Å². The molecule has 0 atom stereocenters. The second-order valence-electron chi connectivity index (χ2n) is 6.15. The highest BCUT2D eigenvalue weighted by atomic mass is 79.9. The van der Waals surface area contributed by atoms with Crippen LogP contribution in [0.25, 0.3) is 11.4 Å². The Hall–Kier alpha value is -2.32. The number of rotatable bonds is 7. The number of hydrogen-bond donors (Lipinski definition) is 2. The molecule has 142 valence electrons. The number of benzene rings is 2. The zero-order valence-electron chi connectivity index (χ0n) is 15.3. The fourth-order valence-corrected chi connectivity index (χ4v) is 3.34. The molecule has 2 N–H and O–H groups in total. The summed E-state index contributed by atoms with van der Waals surface area (Å²) in [4.78, 5) is 0. The van der Waals surface area contributed by atoms with Crippen LogP contribution in [0.3, 0.4) is 0 Å². The number of para-hydroxylation sites is 1. The van der Waals surface area contributed by atoms with E-state index in [0.717, 1.165) is 27.1 Å². The maximum absolute atomic E-state index is 5.75. The quantitative estimate of drug-likeness (QED) is 0.502. The predicted octanol–water partition coefficient (Wildman–Crippen LogP) is 4.91. The predicted molar refractivity (Wildman–Crippen MR) is 112 cm³/mol. The molecular formula is C19H21BrN4O2S. The number of ether oxygens (including phenoxy) is 2. The lowest BCUT2D eigenvalue weighted by molar-refractivity contribution is 0.241. The molecule has 0 saturated carbocycles. The molecule has 3 aromatic rings. The van der Waals surface area contributed by atoms with Crippen molar-refractivity contribution < 1.29 is 9.47 Å². The monoisotopic (exact) mass is 448 g/mol. The first kappa shape index (κ1) is 19.4. The van der Waals surface area contributed by atoms with Crippen LogP contribution in [0.4, 0.5) is 0 Å². The fraction of sp³-hybridized carbons (Fsp3) is 0.263. The highest BCUT2D eigenvalue weighted by Crippen LogP contribution is 2.29. The van der Waals surface area contributed by atoms with Gasteiger partial charge in [0.25, 0.3) is 0 Å². The van der Waals surface area contributed by atoms with Crippen molar-refractivity contribution in [2.75, 3.05) is 12.5 Å². The molecule has 1 heterocycles. The van der Waals surface area contributed by atoms with Gasteiger partial charge in [-0.2, -0.15) is 5.10 Å². The van der Waals surface area contributed by atoms with Gasteiger partial charge in [0, 0.05) is 0 Å². The molecule has 0 saturated heterocycles. The lowest BCUT2D eigenvalue weighted by Crippen LogP contribution is -2.16. The fourth-order valence-electron chi connectivity index (χ4n) is 2.63. The van der Waals surface area contributed by atoms with Crippen LogP contribution in [0.5, 0.6) is 11.5 Å². The van der Waals surface area contributed by atoms with Crippen molar-refractivity contribution in [1.82, 2.24) is 14.9 Å². The van der Waals surface area contributed by atoms with Crippen LogP contribution >= 0.6 is 28.1 Å². The Labute approximate surface area is 171 Å². The Bertz CT molecular complexity index is 984. The third-order valence-corrected chi connectivity index (χ3v) is 4.71. The molecule has 0 aliphatic carbocycles. The number of H-pyrrole nitrogens is 1. The number of aromatic nitrogens is 3. The minimum absolute atomic E-state index is 0.123. The van der Waals surface area contributed by atoms with Crippen LogP contribution in [0.1, 0.15) is 19.4 Å². The van der Waals surface area contributed by atoms with E-state index >= 15 is 0 Å². The summed E-state index contributed by atoms with van der Waals surface area (Å²) in [6.45, 7) is 4.57. The summed E-state index contributed by atoms with van der Waals surface area (Å²) in [5, 5.41) is 7.18. The Morgan fingerprint density at radius 2 is 2.00 bits per heavy atom. The summed E-state index contributed by atoms with van der Waals surface area (Å²) in [5.41, 5.74) is 5.24. The molecule has 0 bridgehead atoms. The van der Waals surface area contributed by atoms with Crippen LogP contribution in [-0.2, 0) is 6.54 Å². The maximum Gasteiger partial charge on any atom is 0.214 e. The van der Waals surface area contributed by atoms with Gasteiger partial charge in [-0.15, -0.1) is 0 Å². The van der Waals surface area contributed by atoms with Crippen molar-refractivity contribution in [2.24, 2.45) is 0 Å². The summed E-state index contributed by atoms with van der Waals surface area (Å²) in [6, 6.07) is 13.7. The molecule has 0 aliphatic heterocycles. The van der Waals surface area contributed by atoms with E-state index in [2.05, 4.69) is 31.6 Å². The van der Waals surface area contributed by atoms with Crippen LogP contribution in [0, 0.1) is 4.77 Å². The Kier molecular flexibility index (Phi) is 6.18. The highest BCUT2D eigenvalue weighted by molar-refractivity contribution is 9.10. The average Bonchev–Trinajstić information content (AvgIpc) is 3.02. The van der Waals surface area contributed by atoms with Crippen molar-refractivity contribution >= 4 is 28.1 Å². The van der Waals surface area contributed by atoms with E-state index in [-0.39, 0.29) is 6.10 Å². The van der Waals surface area contributed by atoms with E-state index < -0.39 is 0 Å². The standard InChI is InChI=1S/C19H21BrN4O2S/c1-12(2)26-17-9-8-13(10-15(17)20)11-21-24-18(22-23-19(24)27)14-6-4-5-7-16(14)25-3/h4-10,12,21H,11H2,1-3H3,(H,23,27). The first-order valence-corrected chi connectivity index (χ1v) is 9.69. The Morgan fingerprint density at radius 3 is 2.70 bits per heavy atom. The Balaban J connectivity index is 1.82. The molecule has 0 unspecified atom stereocenters. The third kappa shape index (κ3) is 4.51. The summed E-state index contributed by atoms with van der Waals surface area (Å²) in [5.74, 6) is 2.21. The van der Waals surface area contributed by atoms with Crippen LogP contribution in [0.2, 0.25) is 0 Å². The van der Waals surface area contributed by atoms with Crippen LogP contribution in [-0.4, -0.2) is 28.1 Å². The minimum atomic E-state index is 0.123. The molecule has 0 radical (unpaired) electrons. The minimum Gasteiger partial charge on any atom is -0.496 e. The Morgan fingerprint density at radius 1 is 1.22 bits per heavy atom. The highest BCUT2D eigenvalue weighted by Gasteiger charge is 2.13. The lowest BCUT2D eigenvalue weighted by Gasteiger charge is -2.14. The van der Waals surface area contributed by atoms with E-state index in [0.29, 0.717) is 17.1 Å². The maximum atomic E-state index is 5.75. The van der Waals surface area contributed by atoms with Crippen molar-refractivity contribution in [3.63, 3.8) is 0 Å². The molecule has 0 spiro atoms. The van der Waals surface area contributed by atoms with Gasteiger partial charge in [-0.05, 0) is 71.8 Å². The smallest absolute Gasteiger partial charge is 0.214 e. The van der Waals surface area contributed by atoms with Crippen LogP contribution < -0.4 is 14.9 Å². The van der Waals surface area contributed by atoms with E-state index in [1.807, 2.05) is 56.3 Å². The van der Waals surface area contributed by atoms with Gasteiger partial charge in [-0.3, -0.25) is 0 Å². The largest absolute Gasteiger partial charge is 0.496 e. The van der Waals surface area contributed by atoms with Crippen LogP contribution in [0.15, 0.2) is 46.9 Å². The zero-order valence-corrected chi connectivity index (χ0v) is 17.7. The van der Waals surface area contributed by atoms with Crippen molar-refractivity contribution in [3.8, 4) is 22.9 Å². The molecule has 0 fully saturated rings. The van der Waals surface area contributed by atoms with Gasteiger partial charge in [-0.25, -0.2) is 9.77 Å².